The average Bonchev–Trinajstić information content (AvgIpc) is 3.21. The molecule has 19 heavy (non-hydrogen) atoms. The summed E-state index contributed by atoms with van der Waals surface area (Å²) >= 11 is 0. The highest BCUT2D eigenvalue weighted by molar-refractivity contribution is 5.74. The first-order chi connectivity index (χ1) is 9.13. The second-order valence-corrected chi connectivity index (χ2v) is 6.23. The van der Waals surface area contributed by atoms with E-state index in [1.165, 1.54) is 12.8 Å². The van der Waals surface area contributed by atoms with Gasteiger partial charge in [0.2, 0.25) is 0 Å². The number of nitrogens with zero attached hydrogens (tertiary/aromatic N) is 1. The molecule has 2 fully saturated rings. The van der Waals surface area contributed by atoms with Gasteiger partial charge in [0.05, 0.1) is 12.0 Å². The van der Waals surface area contributed by atoms with E-state index in [9.17, 15) is 9.90 Å². The number of hydrogen-bond donors (Lipinski definition) is 1. The number of likely N-dealkylation sites (tertiary alicyclic amines) is 1. The zero-order chi connectivity index (χ0) is 13.9. The molecular weight excluding hydrogens is 242 g/mol. The minimum absolute atomic E-state index is 0.466. The van der Waals surface area contributed by atoms with Crippen molar-refractivity contribution in [3.05, 3.63) is 0 Å². The van der Waals surface area contributed by atoms with E-state index >= 15 is 0 Å². The molecule has 110 valence electrons. The average molecular weight is 269 g/mol. The first kappa shape index (κ1) is 14.8. The fourth-order valence-electron chi connectivity index (χ4n) is 3.52. The molecule has 4 heteroatoms. The molecule has 0 amide bonds. The van der Waals surface area contributed by atoms with Crippen molar-refractivity contribution >= 4 is 5.97 Å². The van der Waals surface area contributed by atoms with Crippen molar-refractivity contribution in [3.63, 3.8) is 0 Å². The summed E-state index contributed by atoms with van der Waals surface area (Å²) in [6.45, 7) is 4.70. The number of rotatable bonds is 7. The number of ether oxygens (including phenoxy) is 1. The molecule has 0 spiro atoms. The van der Waals surface area contributed by atoms with Crippen LogP contribution in [-0.4, -0.2) is 48.8 Å². The Bertz CT molecular complexity index is 307. The third kappa shape index (κ3) is 3.29. The van der Waals surface area contributed by atoms with Crippen molar-refractivity contribution in [3.8, 4) is 0 Å². The summed E-state index contributed by atoms with van der Waals surface area (Å²) < 4.78 is 5.35. The van der Waals surface area contributed by atoms with Crippen molar-refractivity contribution in [2.75, 3.05) is 26.8 Å². The van der Waals surface area contributed by atoms with Crippen LogP contribution in [0.15, 0.2) is 0 Å². The SMILES string of the molecule is CCCC1(C(=O)O)CCN(C(COC)C2CC2)CC1. The highest BCUT2D eigenvalue weighted by atomic mass is 16.5. The van der Waals surface area contributed by atoms with Gasteiger partial charge in [0.1, 0.15) is 0 Å². The molecule has 1 N–H and O–H groups in total. The number of piperidine rings is 1. The van der Waals surface area contributed by atoms with Crippen LogP contribution in [-0.2, 0) is 9.53 Å². The maximum absolute atomic E-state index is 11.6. The zero-order valence-corrected chi connectivity index (χ0v) is 12.2. The Labute approximate surface area is 116 Å². The van der Waals surface area contributed by atoms with Crippen molar-refractivity contribution < 1.29 is 14.6 Å². The third-order valence-electron chi connectivity index (χ3n) is 4.91. The maximum Gasteiger partial charge on any atom is 0.309 e. The van der Waals surface area contributed by atoms with Crippen LogP contribution in [0.25, 0.3) is 0 Å². The Hall–Kier alpha value is -0.610. The fraction of sp³-hybridized carbons (Fsp3) is 0.933. The van der Waals surface area contributed by atoms with Gasteiger partial charge >= 0.3 is 5.97 Å². The molecule has 0 aromatic heterocycles. The van der Waals surface area contributed by atoms with E-state index in [0.717, 1.165) is 51.3 Å². The van der Waals surface area contributed by atoms with Crippen molar-refractivity contribution in [2.45, 2.75) is 51.5 Å². The smallest absolute Gasteiger partial charge is 0.309 e. The Balaban J connectivity index is 1.94. The number of carboxylic acids is 1. The van der Waals surface area contributed by atoms with Crippen LogP contribution in [0.1, 0.15) is 45.4 Å². The Kier molecular flexibility index (Phi) is 4.85. The first-order valence-corrected chi connectivity index (χ1v) is 7.59. The molecule has 1 unspecified atom stereocenters. The molecular formula is C15H27NO3. The quantitative estimate of drug-likeness (QED) is 0.771. The standard InChI is InChI=1S/C15H27NO3/c1-3-6-15(14(17)18)7-9-16(10-8-15)13(11-19-2)12-4-5-12/h12-13H,3-11H2,1-2H3,(H,17,18). The molecule has 1 saturated heterocycles. The second-order valence-electron chi connectivity index (χ2n) is 6.23. The van der Waals surface area contributed by atoms with Gasteiger partial charge in [-0.05, 0) is 51.1 Å². The zero-order valence-electron chi connectivity index (χ0n) is 12.2. The molecule has 4 nitrogen and oxygen atoms in total. The molecule has 2 aliphatic rings. The van der Waals surface area contributed by atoms with Crippen LogP contribution >= 0.6 is 0 Å². The highest BCUT2D eigenvalue weighted by Gasteiger charge is 2.44. The Morgan fingerprint density at radius 2 is 2.05 bits per heavy atom. The normalized spacial score (nSPS) is 25.2. The van der Waals surface area contributed by atoms with Crippen LogP contribution in [0.2, 0.25) is 0 Å². The van der Waals surface area contributed by atoms with E-state index in [1.807, 2.05) is 0 Å². The summed E-state index contributed by atoms with van der Waals surface area (Å²) in [5, 5.41) is 9.53. The Morgan fingerprint density at radius 1 is 1.42 bits per heavy atom. The van der Waals surface area contributed by atoms with E-state index < -0.39 is 11.4 Å². The maximum atomic E-state index is 11.6. The predicted octanol–water partition coefficient (Wildman–Crippen LogP) is 2.38. The summed E-state index contributed by atoms with van der Waals surface area (Å²) in [7, 11) is 1.76. The summed E-state index contributed by atoms with van der Waals surface area (Å²) in [6, 6.07) is 0.512. The number of carboxylic acid groups (broad SMARTS) is 1. The van der Waals surface area contributed by atoms with Crippen LogP contribution in [0, 0.1) is 11.3 Å². The van der Waals surface area contributed by atoms with E-state index in [4.69, 9.17) is 4.74 Å². The predicted molar refractivity (Wildman–Crippen MR) is 74.2 cm³/mol. The van der Waals surface area contributed by atoms with E-state index in [0.29, 0.717) is 6.04 Å². The molecule has 1 heterocycles. The number of aliphatic carboxylic acids is 1. The van der Waals surface area contributed by atoms with Crippen LogP contribution in [0.3, 0.4) is 0 Å². The van der Waals surface area contributed by atoms with Gasteiger partial charge in [0.25, 0.3) is 0 Å². The van der Waals surface area contributed by atoms with Gasteiger partial charge in [-0.15, -0.1) is 0 Å². The van der Waals surface area contributed by atoms with Gasteiger partial charge in [0.15, 0.2) is 0 Å². The van der Waals surface area contributed by atoms with Crippen LogP contribution in [0.4, 0.5) is 0 Å². The van der Waals surface area contributed by atoms with E-state index in [-0.39, 0.29) is 0 Å². The lowest BCUT2D eigenvalue weighted by atomic mass is 9.74. The molecule has 1 saturated carbocycles. The van der Waals surface area contributed by atoms with Gasteiger partial charge in [-0.2, -0.15) is 0 Å². The number of carbonyl (C=O) groups is 1. The molecule has 0 aromatic carbocycles. The van der Waals surface area contributed by atoms with E-state index in [2.05, 4.69) is 11.8 Å². The van der Waals surface area contributed by atoms with Crippen molar-refractivity contribution in [2.24, 2.45) is 11.3 Å². The number of methoxy groups -OCH3 is 1. The summed E-state index contributed by atoms with van der Waals surface area (Å²) in [5.41, 5.74) is -0.466. The molecule has 1 atom stereocenters. The lowest BCUT2D eigenvalue weighted by Gasteiger charge is -2.42. The van der Waals surface area contributed by atoms with Crippen LogP contribution < -0.4 is 0 Å². The molecule has 0 radical (unpaired) electrons. The van der Waals surface area contributed by atoms with E-state index in [1.54, 1.807) is 7.11 Å². The van der Waals surface area contributed by atoms with Gasteiger partial charge in [-0.25, -0.2) is 0 Å². The van der Waals surface area contributed by atoms with Gasteiger partial charge in [0, 0.05) is 13.2 Å². The summed E-state index contributed by atoms with van der Waals surface area (Å²) in [5.74, 6) is 0.187. The molecule has 1 aliphatic heterocycles. The second kappa shape index (κ2) is 6.23. The minimum atomic E-state index is -0.594. The number of hydrogen-bond acceptors (Lipinski definition) is 3. The molecule has 1 aliphatic carbocycles. The Morgan fingerprint density at radius 3 is 2.47 bits per heavy atom. The summed E-state index contributed by atoms with van der Waals surface area (Å²) in [4.78, 5) is 14.0. The lowest BCUT2D eigenvalue weighted by molar-refractivity contribution is -0.153. The lowest BCUT2D eigenvalue weighted by Crippen LogP contribution is -2.50. The minimum Gasteiger partial charge on any atom is -0.481 e. The van der Waals surface area contributed by atoms with Crippen molar-refractivity contribution in [1.82, 2.24) is 4.90 Å². The highest BCUT2D eigenvalue weighted by Crippen LogP contribution is 2.41. The monoisotopic (exact) mass is 269 g/mol. The molecule has 0 aromatic rings. The largest absolute Gasteiger partial charge is 0.481 e. The third-order valence-corrected chi connectivity index (χ3v) is 4.91. The topological polar surface area (TPSA) is 49.8 Å². The van der Waals surface area contributed by atoms with Gasteiger partial charge in [-0.1, -0.05) is 13.3 Å². The van der Waals surface area contributed by atoms with Crippen LogP contribution in [0.5, 0.6) is 0 Å². The molecule has 2 rings (SSSR count). The van der Waals surface area contributed by atoms with Gasteiger partial charge < -0.3 is 9.84 Å². The first-order valence-electron chi connectivity index (χ1n) is 7.59. The van der Waals surface area contributed by atoms with Crippen molar-refractivity contribution in [1.29, 1.82) is 0 Å². The molecule has 0 bridgehead atoms. The van der Waals surface area contributed by atoms with Gasteiger partial charge in [-0.3, -0.25) is 9.69 Å². The fourth-order valence-corrected chi connectivity index (χ4v) is 3.52. The summed E-state index contributed by atoms with van der Waals surface area (Å²) in [6.07, 6.45) is 5.98.